The monoisotopic (exact) mass is 235 g/mol. The number of rotatable bonds is 2. The number of aromatic nitrogens is 4. The Morgan fingerprint density at radius 3 is 2.62 bits per heavy atom. The third-order valence-electron chi connectivity index (χ3n) is 2.39. The molecule has 0 radical (unpaired) electrons. The molecule has 0 bridgehead atoms. The van der Waals surface area contributed by atoms with Crippen LogP contribution in [0.4, 0.5) is 5.82 Å². The van der Waals surface area contributed by atoms with Gasteiger partial charge in [-0.1, -0.05) is 11.8 Å². The Balaban J connectivity index is 2.55. The first kappa shape index (κ1) is 10.9. The molecule has 2 aromatic heterocycles. The first-order chi connectivity index (χ1) is 7.61. The van der Waals surface area contributed by atoms with Gasteiger partial charge in [0.2, 0.25) is 0 Å². The summed E-state index contributed by atoms with van der Waals surface area (Å²) in [6.07, 6.45) is 3.67. The smallest absolute Gasteiger partial charge is 0.191 e. The zero-order chi connectivity index (χ0) is 11.7. The SMILES string of the molecule is CSc1nc(N)cc(-n2cnc(C)c2C)n1. The Morgan fingerprint density at radius 2 is 2.06 bits per heavy atom. The third-order valence-corrected chi connectivity index (χ3v) is 2.94. The largest absolute Gasteiger partial charge is 0.383 e. The summed E-state index contributed by atoms with van der Waals surface area (Å²) in [6.45, 7) is 3.96. The van der Waals surface area contributed by atoms with Crippen LogP contribution in [0.15, 0.2) is 17.6 Å². The van der Waals surface area contributed by atoms with Crippen LogP contribution in [0.5, 0.6) is 0 Å². The zero-order valence-corrected chi connectivity index (χ0v) is 10.2. The van der Waals surface area contributed by atoms with E-state index in [0.29, 0.717) is 11.0 Å². The zero-order valence-electron chi connectivity index (χ0n) is 9.43. The van der Waals surface area contributed by atoms with Crippen LogP contribution < -0.4 is 5.73 Å². The van der Waals surface area contributed by atoms with Crippen LogP contribution in [0, 0.1) is 13.8 Å². The van der Waals surface area contributed by atoms with Gasteiger partial charge < -0.3 is 5.73 Å². The van der Waals surface area contributed by atoms with Crippen molar-refractivity contribution < 1.29 is 0 Å². The first-order valence-corrected chi connectivity index (χ1v) is 6.03. The summed E-state index contributed by atoms with van der Waals surface area (Å²) < 4.78 is 1.91. The third kappa shape index (κ3) is 1.88. The number of aryl methyl sites for hydroxylation is 1. The molecule has 2 rings (SSSR count). The maximum atomic E-state index is 5.73. The van der Waals surface area contributed by atoms with Crippen molar-refractivity contribution >= 4 is 17.6 Å². The second-order valence-electron chi connectivity index (χ2n) is 3.42. The van der Waals surface area contributed by atoms with Crippen LogP contribution in [-0.2, 0) is 0 Å². The molecule has 0 saturated heterocycles. The molecule has 0 fully saturated rings. The van der Waals surface area contributed by atoms with Gasteiger partial charge in [0.1, 0.15) is 18.0 Å². The fourth-order valence-corrected chi connectivity index (χ4v) is 1.76. The summed E-state index contributed by atoms with van der Waals surface area (Å²) in [5.74, 6) is 1.23. The standard InChI is InChI=1S/C10H13N5S/c1-6-7(2)15(5-12-6)9-4-8(11)13-10(14-9)16-3/h4-5H,1-3H3,(H2,11,13,14). The van der Waals surface area contributed by atoms with Gasteiger partial charge in [0.05, 0.1) is 5.69 Å². The second kappa shape index (κ2) is 4.13. The van der Waals surface area contributed by atoms with Crippen LogP contribution in [-0.4, -0.2) is 25.8 Å². The van der Waals surface area contributed by atoms with Crippen LogP contribution in [0.25, 0.3) is 5.82 Å². The van der Waals surface area contributed by atoms with Crippen molar-refractivity contribution in [2.75, 3.05) is 12.0 Å². The van der Waals surface area contributed by atoms with E-state index < -0.39 is 0 Å². The molecular formula is C10H13N5S. The molecule has 2 aromatic rings. The van der Waals surface area contributed by atoms with Gasteiger partial charge >= 0.3 is 0 Å². The lowest BCUT2D eigenvalue weighted by atomic mass is 10.4. The van der Waals surface area contributed by atoms with Gasteiger partial charge in [-0.15, -0.1) is 0 Å². The highest BCUT2D eigenvalue weighted by Crippen LogP contribution is 2.17. The average Bonchev–Trinajstić information content (AvgIpc) is 2.59. The minimum absolute atomic E-state index is 0.472. The second-order valence-corrected chi connectivity index (χ2v) is 4.20. The number of hydrogen-bond donors (Lipinski definition) is 1. The molecule has 0 aliphatic rings. The van der Waals surface area contributed by atoms with Gasteiger partial charge in [0.25, 0.3) is 0 Å². The molecule has 2 heterocycles. The first-order valence-electron chi connectivity index (χ1n) is 4.81. The normalized spacial score (nSPS) is 10.7. The maximum absolute atomic E-state index is 5.73. The van der Waals surface area contributed by atoms with Crippen LogP contribution in [0.1, 0.15) is 11.4 Å². The van der Waals surface area contributed by atoms with E-state index in [1.165, 1.54) is 11.8 Å². The molecule has 0 aliphatic heterocycles. The topological polar surface area (TPSA) is 69.6 Å². The van der Waals surface area contributed by atoms with Gasteiger partial charge in [0, 0.05) is 11.8 Å². The Labute approximate surface area is 98.1 Å². The molecule has 16 heavy (non-hydrogen) atoms. The lowest BCUT2D eigenvalue weighted by Crippen LogP contribution is -2.03. The van der Waals surface area contributed by atoms with Crippen molar-refractivity contribution in [1.29, 1.82) is 0 Å². The predicted molar refractivity (Wildman–Crippen MR) is 64.8 cm³/mol. The molecule has 6 heteroatoms. The van der Waals surface area contributed by atoms with Gasteiger partial charge in [0.15, 0.2) is 5.16 Å². The number of imidazole rings is 1. The van der Waals surface area contributed by atoms with Crippen LogP contribution in [0.2, 0.25) is 0 Å². The summed E-state index contributed by atoms with van der Waals surface area (Å²) in [6, 6.07) is 1.74. The molecule has 0 aliphatic carbocycles. The molecule has 2 N–H and O–H groups in total. The summed E-state index contributed by atoms with van der Waals surface area (Å²) in [5, 5.41) is 0.667. The van der Waals surface area contributed by atoms with E-state index in [0.717, 1.165) is 17.2 Å². The van der Waals surface area contributed by atoms with E-state index in [2.05, 4.69) is 15.0 Å². The molecule has 84 valence electrons. The van der Waals surface area contributed by atoms with Crippen molar-refractivity contribution in [3.63, 3.8) is 0 Å². The summed E-state index contributed by atoms with van der Waals surface area (Å²) in [4.78, 5) is 12.7. The number of anilines is 1. The van der Waals surface area contributed by atoms with Crippen molar-refractivity contribution in [2.45, 2.75) is 19.0 Å². The van der Waals surface area contributed by atoms with Gasteiger partial charge in [-0.25, -0.2) is 15.0 Å². The number of nitrogens with two attached hydrogens (primary N) is 1. The lowest BCUT2D eigenvalue weighted by molar-refractivity contribution is 0.877. The Bertz CT molecular complexity index is 520. The molecule has 0 unspecified atom stereocenters. The number of nitrogens with zero attached hydrogens (tertiary/aromatic N) is 4. The number of thioether (sulfide) groups is 1. The van der Waals surface area contributed by atoms with Crippen LogP contribution >= 0.6 is 11.8 Å². The van der Waals surface area contributed by atoms with Crippen LogP contribution in [0.3, 0.4) is 0 Å². The maximum Gasteiger partial charge on any atom is 0.191 e. The summed E-state index contributed by atoms with van der Waals surface area (Å²) in [5.41, 5.74) is 7.78. The fraction of sp³-hybridized carbons (Fsp3) is 0.300. The van der Waals surface area contributed by atoms with Gasteiger partial charge in [-0.2, -0.15) is 0 Å². The van der Waals surface area contributed by atoms with E-state index in [9.17, 15) is 0 Å². The van der Waals surface area contributed by atoms with E-state index in [1.807, 2.05) is 24.7 Å². The number of hydrogen-bond acceptors (Lipinski definition) is 5. The molecule has 0 atom stereocenters. The summed E-state index contributed by atoms with van der Waals surface area (Å²) >= 11 is 1.47. The van der Waals surface area contributed by atoms with Gasteiger partial charge in [-0.3, -0.25) is 4.57 Å². The lowest BCUT2D eigenvalue weighted by Gasteiger charge is -2.06. The minimum Gasteiger partial charge on any atom is -0.383 e. The van der Waals surface area contributed by atoms with Crippen molar-refractivity contribution in [3.05, 3.63) is 23.8 Å². The van der Waals surface area contributed by atoms with E-state index in [1.54, 1.807) is 12.4 Å². The summed E-state index contributed by atoms with van der Waals surface area (Å²) in [7, 11) is 0. The molecule has 0 saturated carbocycles. The fourth-order valence-electron chi connectivity index (χ4n) is 1.37. The number of nitrogen functional groups attached to an aromatic ring is 1. The van der Waals surface area contributed by atoms with Crippen molar-refractivity contribution in [3.8, 4) is 5.82 Å². The Hall–Kier alpha value is -1.56. The van der Waals surface area contributed by atoms with Gasteiger partial charge in [-0.05, 0) is 20.1 Å². The van der Waals surface area contributed by atoms with E-state index >= 15 is 0 Å². The Kier molecular flexibility index (Phi) is 2.82. The highest BCUT2D eigenvalue weighted by atomic mass is 32.2. The quantitative estimate of drug-likeness (QED) is 0.632. The molecular weight excluding hydrogens is 222 g/mol. The molecule has 0 amide bonds. The van der Waals surface area contributed by atoms with E-state index in [-0.39, 0.29) is 0 Å². The minimum atomic E-state index is 0.472. The molecule has 0 spiro atoms. The molecule has 0 aromatic carbocycles. The van der Waals surface area contributed by atoms with Crippen molar-refractivity contribution in [1.82, 2.24) is 19.5 Å². The molecule has 5 nitrogen and oxygen atoms in total. The Morgan fingerprint density at radius 1 is 1.31 bits per heavy atom. The average molecular weight is 235 g/mol. The predicted octanol–water partition coefficient (Wildman–Crippen LogP) is 1.58. The highest BCUT2D eigenvalue weighted by Gasteiger charge is 2.08. The van der Waals surface area contributed by atoms with Crippen molar-refractivity contribution in [2.24, 2.45) is 0 Å². The van der Waals surface area contributed by atoms with E-state index in [4.69, 9.17) is 5.73 Å². The highest BCUT2D eigenvalue weighted by molar-refractivity contribution is 7.98.